The van der Waals surface area contributed by atoms with Crippen LogP contribution in [0.1, 0.15) is 45.4 Å². The lowest BCUT2D eigenvalue weighted by Crippen LogP contribution is -2.49. The molecule has 1 saturated heterocycles. The van der Waals surface area contributed by atoms with Gasteiger partial charge in [0.15, 0.2) is 0 Å². The molecule has 2 aliphatic rings. The zero-order valence-corrected chi connectivity index (χ0v) is 11.5. The molecule has 0 spiro atoms. The number of hydrogen-bond donors (Lipinski definition) is 1. The molecule has 0 aromatic carbocycles. The van der Waals surface area contributed by atoms with Crippen molar-refractivity contribution in [3.8, 4) is 0 Å². The summed E-state index contributed by atoms with van der Waals surface area (Å²) in [6.07, 6.45) is 7.22. The first kappa shape index (κ1) is 13.8. The molecular weight excluding hydrogens is 228 g/mol. The molecule has 104 valence electrons. The van der Waals surface area contributed by atoms with Gasteiger partial charge in [-0.25, -0.2) is 0 Å². The normalized spacial score (nSPS) is 23.4. The van der Waals surface area contributed by atoms with E-state index in [1.165, 1.54) is 25.7 Å². The first-order chi connectivity index (χ1) is 8.74. The van der Waals surface area contributed by atoms with E-state index in [4.69, 9.17) is 5.11 Å². The molecule has 0 aromatic rings. The fraction of sp³-hybridized carbons (Fsp3) is 0.929. The molecule has 1 N–H and O–H groups in total. The minimum absolute atomic E-state index is 0.0183. The summed E-state index contributed by atoms with van der Waals surface area (Å²) in [5, 5.41) is 9.09. The number of carbonyl (C=O) groups excluding carboxylic acids is 1. The smallest absolute Gasteiger partial charge is 0.239 e. The molecule has 1 atom stereocenters. The highest BCUT2D eigenvalue weighted by molar-refractivity contribution is 5.82. The van der Waals surface area contributed by atoms with Crippen LogP contribution in [0.3, 0.4) is 0 Å². The Bertz CT molecular complexity index is 271. The number of aliphatic hydroxyl groups is 1. The zero-order valence-electron chi connectivity index (χ0n) is 11.5. The molecule has 1 saturated carbocycles. The van der Waals surface area contributed by atoms with Gasteiger partial charge >= 0.3 is 0 Å². The van der Waals surface area contributed by atoms with Gasteiger partial charge in [0, 0.05) is 12.6 Å². The Morgan fingerprint density at radius 2 is 1.89 bits per heavy atom. The molecule has 0 bridgehead atoms. The Balaban J connectivity index is 1.92. The van der Waals surface area contributed by atoms with Crippen molar-refractivity contribution in [1.29, 1.82) is 0 Å². The first-order valence-electron chi connectivity index (χ1n) is 7.39. The van der Waals surface area contributed by atoms with Crippen LogP contribution < -0.4 is 0 Å². The van der Waals surface area contributed by atoms with E-state index in [0.717, 1.165) is 25.9 Å². The van der Waals surface area contributed by atoms with Gasteiger partial charge in [-0.15, -0.1) is 0 Å². The van der Waals surface area contributed by atoms with Crippen LogP contribution in [0.2, 0.25) is 0 Å². The highest BCUT2D eigenvalue weighted by atomic mass is 16.3. The van der Waals surface area contributed by atoms with Crippen LogP contribution in [0, 0.1) is 0 Å². The molecule has 2 rings (SSSR count). The van der Waals surface area contributed by atoms with E-state index in [1.807, 2.05) is 11.8 Å². The van der Waals surface area contributed by atoms with E-state index >= 15 is 0 Å². The molecule has 0 radical (unpaired) electrons. The monoisotopic (exact) mass is 254 g/mol. The van der Waals surface area contributed by atoms with Crippen molar-refractivity contribution in [2.75, 3.05) is 26.2 Å². The van der Waals surface area contributed by atoms with Crippen LogP contribution in [0.15, 0.2) is 0 Å². The number of hydrogen-bond acceptors (Lipinski definition) is 3. The molecular formula is C14H26N2O2. The third-order valence-electron chi connectivity index (χ3n) is 4.16. The lowest BCUT2D eigenvalue weighted by atomic mass is 10.2. The summed E-state index contributed by atoms with van der Waals surface area (Å²) in [5.41, 5.74) is 0. The predicted octanol–water partition coefficient (Wildman–Crippen LogP) is 1.23. The Morgan fingerprint density at radius 3 is 2.39 bits per heavy atom. The van der Waals surface area contributed by atoms with Crippen LogP contribution in [-0.4, -0.2) is 59.1 Å². The molecule has 4 nitrogen and oxygen atoms in total. The Kier molecular flexibility index (Phi) is 5.01. The number of rotatable bonds is 5. The SMILES string of the molecule is CC(C(=O)N(CCO)C1CC1)N1CCCCCC1. The van der Waals surface area contributed by atoms with Crippen molar-refractivity contribution in [3.63, 3.8) is 0 Å². The molecule has 1 amide bonds. The maximum Gasteiger partial charge on any atom is 0.239 e. The number of aliphatic hydroxyl groups excluding tert-OH is 1. The van der Waals surface area contributed by atoms with Crippen molar-refractivity contribution in [3.05, 3.63) is 0 Å². The van der Waals surface area contributed by atoms with E-state index in [2.05, 4.69) is 4.90 Å². The van der Waals surface area contributed by atoms with Crippen LogP contribution in [-0.2, 0) is 4.79 Å². The highest BCUT2D eigenvalue weighted by Gasteiger charge is 2.35. The topological polar surface area (TPSA) is 43.8 Å². The predicted molar refractivity (Wildman–Crippen MR) is 71.3 cm³/mol. The number of carbonyl (C=O) groups is 1. The van der Waals surface area contributed by atoms with Gasteiger partial charge < -0.3 is 10.0 Å². The fourth-order valence-electron chi connectivity index (χ4n) is 2.85. The van der Waals surface area contributed by atoms with Crippen molar-refractivity contribution in [2.45, 2.75) is 57.5 Å². The number of nitrogens with zero attached hydrogens (tertiary/aromatic N) is 2. The Hall–Kier alpha value is -0.610. The Morgan fingerprint density at radius 1 is 1.28 bits per heavy atom. The minimum atomic E-state index is -0.0183. The maximum absolute atomic E-state index is 12.5. The minimum Gasteiger partial charge on any atom is -0.395 e. The fourth-order valence-corrected chi connectivity index (χ4v) is 2.85. The summed E-state index contributed by atoms with van der Waals surface area (Å²) in [4.78, 5) is 16.7. The molecule has 1 aliphatic carbocycles. The maximum atomic E-state index is 12.5. The number of amides is 1. The van der Waals surface area contributed by atoms with Crippen molar-refractivity contribution >= 4 is 5.91 Å². The average molecular weight is 254 g/mol. The molecule has 1 heterocycles. The first-order valence-corrected chi connectivity index (χ1v) is 7.39. The van der Waals surface area contributed by atoms with Gasteiger partial charge in [-0.2, -0.15) is 0 Å². The summed E-state index contributed by atoms with van der Waals surface area (Å²) in [7, 11) is 0. The third-order valence-corrected chi connectivity index (χ3v) is 4.16. The molecule has 2 fully saturated rings. The van der Waals surface area contributed by atoms with Crippen LogP contribution in [0.4, 0.5) is 0 Å². The standard InChI is InChI=1S/C14H26N2O2/c1-12(15-8-4-2-3-5-9-15)14(18)16(10-11-17)13-6-7-13/h12-13,17H,2-11H2,1H3. The van der Waals surface area contributed by atoms with Crippen molar-refractivity contribution in [2.24, 2.45) is 0 Å². The summed E-state index contributed by atoms with van der Waals surface area (Å²) in [5.74, 6) is 0.216. The Labute approximate surface area is 110 Å². The van der Waals surface area contributed by atoms with Gasteiger partial charge in [0.05, 0.1) is 12.6 Å². The van der Waals surface area contributed by atoms with Gasteiger partial charge in [0.2, 0.25) is 5.91 Å². The molecule has 4 heteroatoms. The molecule has 18 heavy (non-hydrogen) atoms. The molecule has 0 aromatic heterocycles. The van der Waals surface area contributed by atoms with Gasteiger partial charge in [-0.3, -0.25) is 9.69 Å². The van der Waals surface area contributed by atoms with E-state index in [0.29, 0.717) is 12.6 Å². The van der Waals surface area contributed by atoms with Crippen LogP contribution in [0.25, 0.3) is 0 Å². The second-order valence-corrected chi connectivity index (χ2v) is 5.61. The average Bonchev–Trinajstić information content (AvgIpc) is 3.19. The van der Waals surface area contributed by atoms with Crippen molar-refractivity contribution < 1.29 is 9.90 Å². The van der Waals surface area contributed by atoms with Crippen molar-refractivity contribution in [1.82, 2.24) is 9.80 Å². The lowest BCUT2D eigenvalue weighted by Gasteiger charge is -2.32. The van der Waals surface area contributed by atoms with Gasteiger partial charge in [0.1, 0.15) is 0 Å². The second kappa shape index (κ2) is 6.53. The van der Waals surface area contributed by atoms with Gasteiger partial charge in [0.25, 0.3) is 0 Å². The second-order valence-electron chi connectivity index (χ2n) is 5.61. The largest absolute Gasteiger partial charge is 0.395 e. The quantitative estimate of drug-likeness (QED) is 0.802. The van der Waals surface area contributed by atoms with Gasteiger partial charge in [-0.05, 0) is 45.7 Å². The van der Waals surface area contributed by atoms with E-state index in [9.17, 15) is 4.79 Å². The highest BCUT2D eigenvalue weighted by Crippen LogP contribution is 2.28. The van der Waals surface area contributed by atoms with E-state index < -0.39 is 0 Å². The summed E-state index contributed by atoms with van der Waals surface area (Å²) < 4.78 is 0. The third kappa shape index (κ3) is 3.45. The number of likely N-dealkylation sites (tertiary alicyclic amines) is 1. The summed E-state index contributed by atoms with van der Waals surface area (Å²) in [6.45, 7) is 4.70. The molecule has 1 unspecified atom stereocenters. The zero-order chi connectivity index (χ0) is 13.0. The lowest BCUT2D eigenvalue weighted by molar-refractivity contribution is -0.137. The molecule has 1 aliphatic heterocycles. The summed E-state index contributed by atoms with van der Waals surface area (Å²) >= 11 is 0. The van der Waals surface area contributed by atoms with E-state index in [1.54, 1.807) is 0 Å². The van der Waals surface area contributed by atoms with E-state index in [-0.39, 0.29) is 18.6 Å². The van der Waals surface area contributed by atoms with Gasteiger partial charge in [-0.1, -0.05) is 12.8 Å². The van der Waals surface area contributed by atoms with Crippen LogP contribution in [0.5, 0.6) is 0 Å². The van der Waals surface area contributed by atoms with Crippen LogP contribution >= 0.6 is 0 Å². The summed E-state index contributed by atoms with van der Waals surface area (Å²) in [6, 6.07) is 0.384.